The molecule has 0 fully saturated rings. The fourth-order valence-corrected chi connectivity index (χ4v) is 3.19. The first kappa shape index (κ1) is 8.53. The second-order valence-corrected chi connectivity index (χ2v) is 9.03. The van der Waals surface area contributed by atoms with Crippen LogP contribution in [0.2, 0.25) is 19.6 Å². The van der Waals surface area contributed by atoms with Gasteiger partial charge in [0.2, 0.25) is 0 Å². The van der Waals surface area contributed by atoms with Crippen molar-refractivity contribution in [1.29, 1.82) is 0 Å². The molecule has 11 heavy (non-hydrogen) atoms. The minimum absolute atomic E-state index is 1.10. The van der Waals surface area contributed by atoms with E-state index in [1.165, 1.54) is 5.56 Å². The van der Waals surface area contributed by atoms with E-state index in [9.17, 15) is 0 Å². The molecule has 0 bridgehead atoms. The summed E-state index contributed by atoms with van der Waals surface area (Å²) in [6.07, 6.45) is 0. The molecular weight excluding hydrogens is 148 g/mol. The van der Waals surface area contributed by atoms with Gasteiger partial charge in [0, 0.05) is 0 Å². The van der Waals surface area contributed by atoms with Crippen molar-refractivity contribution in [3.05, 3.63) is 29.8 Å². The summed E-state index contributed by atoms with van der Waals surface area (Å²) in [4.78, 5) is 0. The van der Waals surface area contributed by atoms with Gasteiger partial charge in [-0.2, -0.15) is 0 Å². The third kappa shape index (κ3) is 1.93. The third-order valence-electron chi connectivity index (χ3n) is 1.88. The van der Waals surface area contributed by atoms with Gasteiger partial charge in [0.15, 0.2) is 0 Å². The van der Waals surface area contributed by atoms with Crippen molar-refractivity contribution < 1.29 is 0 Å². The van der Waals surface area contributed by atoms with Crippen LogP contribution in [-0.4, -0.2) is 8.07 Å². The molecule has 0 aliphatic carbocycles. The average Bonchev–Trinajstić information content (AvgIpc) is 1.86. The molecule has 0 aliphatic rings. The highest BCUT2D eigenvalue weighted by atomic mass is 28.3. The van der Waals surface area contributed by atoms with Crippen LogP contribution < -0.4 is 5.19 Å². The molecule has 0 atom stereocenters. The molecule has 1 radical (unpaired) electrons. The van der Waals surface area contributed by atoms with Gasteiger partial charge in [-0.05, 0) is 13.0 Å². The SMILES string of the molecule is Cc1c[c]ccc1[Si](C)(C)C. The van der Waals surface area contributed by atoms with E-state index in [4.69, 9.17) is 0 Å². The quantitative estimate of drug-likeness (QED) is 0.557. The number of hydrogen-bond donors (Lipinski definition) is 0. The number of aryl methyl sites for hydroxylation is 1. The normalized spacial score (nSPS) is 11.6. The second-order valence-electron chi connectivity index (χ2n) is 3.99. The van der Waals surface area contributed by atoms with Crippen LogP contribution in [0.1, 0.15) is 5.56 Å². The Labute approximate surface area is 70.3 Å². The predicted octanol–water partition coefficient (Wildman–Crippen LogP) is 2.34. The first-order valence-corrected chi connectivity index (χ1v) is 7.49. The molecule has 0 unspecified atom stereocenters. The standard InChI is InChI=1S/C10H15Si/c1-9-7-5-6-8-10(9)11(2,3)4/h6-8H,1-4H3. The summed E-state index contributed by atoms with van der Waals surface area (Å²) >= 11 is 0. The maximum atomic E-state index is 3.10. The topological polar surface area (TPSA) is 0 Å². The van der Waals surface area contributed by atoms with Gasteiger partial charge in [0.25, 0.3) is 0 Å². The van der Waals surface area contributed by atoms with Crippen LogP contribution in [0, 0.1) is 13.0 Å². The van der Waals surface area contributed by atoms with Crippen molar-refractivity contribution in [3.8, 4) is 0 Å². The van der Waals surface area contributed by atoms with Gasteiger partial charge in [-0.15, -0.1) is 0 Å². The van der Waals surface area contributed by atoms with E-state index in [-0.39, 0.29) is 0 Å². The van der Waals surface area contributed by atoms with Gasteiger partial charge < -0.3 is 0 Å². The zero-order chi connectivity index (χ0) is 8.48. The van der Waals surface area contributed by atoms with Gasteiger partial charge in [0.05, 0.1) is 8.07 Å². The van der Waals surface area contributed by atoms with E-state index in [0.717, 1.165) is 0 Å². The van der Waals surface area contributed by atoms with Gasteiger partial charge in [-0.1, -0.05) is 48.6 Å². The highest BCUT2D eigenvalue weighted by molar-refractivity contribution is 6.89. The smallest absolute Gasteiger partial charge is 0.0656 e. The summed E-state index contributed by atoms with van der Waals surface area (Å²) in [6, 6.07) is 9.40. The maximum Gasteiger partial charge on any atom is 0.0779 e. The molecular formula is C10H15Si. The summed E-state index contributed by atoms with van der Waals surface area (Å²) in [5.41, 5.74) is 1.40. The van der Waals surface area contributed by atoms with Crippen molar-refractivity contribution in [2.45, 2.75) is 26.6 Å². The van der Waals surface area contributed by atoms with Crippen molar-refractivity contribution >= 4 is 13.3 Å². The Bertz CT molecular complexity index is 245. The highest BCUT2D eigenvalue weighted by Gasteiger charge is 2.17. The van der Waals surface area contributed by atoms with Crippen LogP contribution in [0.3, 0.4) is 0 Å². The minimum atomic E-state index is -1.10. The van der Waals surface area contributed by atoms with Crippen LogP contribution in [0.25, 0.3) is 0 Å². The molecule has 1 heteroatoms. The Balaban J connectivity index is 3.14. The fraction of sp³-hybridized carbons (Fsp3) is 0.400. The first-order chi connectivity index (χ1) is 5.02. The summed E-state index contributed by atoms with van der Waals surface area (Å²) in [6.45, 7) is 9.28. The van der Waals surface area contributed by atoms with E-state index in [0.29, 0.717) is 0 Å². The fourth-order valence-electron chi connectivity index (χ4n) is 1.36. The average molecular weight is 163 g/mol. The summed E-state index contributed by atoms with van der Waals surface area (Å²) in [5.74, 6) is 0. The maximum absolute atomic E-state index is 3.10. The monoisotopic (exact) mass is 163 g/mol. The van der Waals surface area contributed by atoms with Crippen molar-refractivity contribution in [3.63, 3.8) is 0 Å². The molecule has 0 saturated heterocycles. The van der Waals surface area contributed by atoms with Gasteiger partial charge in [0.1, 0.15) is 0 Å². The minimum Gasteiger partial charge on any atom is -0.0656 e. The molecule has 0 spiro atoms. The van der Waals surface area contributed by atoms with E-state index in [1.54, 1.807) is 5.19 Å². The van der Waals surface area contributed by atoms with Crippen molar-refractivity contribution in [2.75, 3.05) is 0 Å². The molecule has 0 saturated carbocycles. The lowest BCUT2D eigenvalue weighted by Crippen LogP contribution is -2.39. The van der Waals surface area contributed by atoms with Crippen molar-refractivity contribution in [2.24, 2.45) is 0 Å². The summed E-state index contributed by atoms with van der Waals surface area (Å²) in [7, 11) is -1.10. The number of benzene rings is 1. The van der Waals surface area contributed by atoms with E-state index in [2.05, 4.69) is 44.8 Å². The van der Waals surface area contributed by atoms with E-state index in [1.807, 2.05) is 6.07 Å². The molecule has 1 aromatic carbocycles. The van der Waals surface area contributed by atoms with Crippen LogP contribution >= 0.6 is 0 Å². The lowest BCUT2D eigenvalue weighted by molar-refractivity contribution is 1.48. The lowest BCUT2D eigenvalue weighted by atomic mass is 10.2. The molecule has 0 aliphatic heterocycles. The summed E-state index contributed by atoms with van der Waals surface area (Å²) in [5, 5.41) is 1.55. The summed E-state index contributed by atoms with van der Waals surface area (Å²) < 4.78 is 0. The molecule has 0 amide bonds. The lowest BCUT2D eigenvalue weighted by Gasteiger charge is -2.18. The molecule has 1 aromatic rings. The van der Waals surface area contributed by atoms with Crippen LogP contribution in [0.4, 0.5) is 0 Å². The molecule has 0 heterocycles. The molecule has 1 rings (SSSR count). The molecule has 0 N–H and O–H groups in total. The highest BCUT2D eigenvalue weighted by Crippen LogP contribution is 2.05. The molecule has 59 valence electrons. The van der Waals surface area contributed by atoms with Crippen LogP contribution in [0.5, 0.6) is 0 Å². The zero-order valence-electron chi connectivity index (χ0n) is 7.73. The molecule has 0 nitrogen and oxygen atoms in total. The Morgan fingerprint density at radius 2 is 1.91 bits per heavy atom. The zero-order valence-corrected chi connectivity index (χ0v) is 8.73. The number of hydrogen-bond acceptors (Lipinski definition) is 0. The van der Waals surface area contributed by atoms with E-state index < -0.39 is 8.07 Å². The Morgan fingerprint density at radius 1 is 1.27 bits per heavy atom. The van der Waals surface area contributed by atoms with Crippen LogP contribution in [-0.2, 0) is 0 Å². The Kier molecular flexibility index (Phi) is 2.19. The third-order valence-corrected chi connectivity index (χ3v) is 4.06. The first-order valence-electron chi connectivity index (χ1n) is 3.99. The second kappa shape index (κ2) is 2.82. The number of rotatable bonds is 1. The largest absolute Gasteiger partial charge is 0.0779 e. The Morgan fingerprint density at radius 3 is 2.27 bits per heavy atom. The van der Waals surface area contributed by atoms with Crippen molar-refractivity contribution in [1.82, 2.24) is 0 Å². The van der Waals surface area contributed by atoms with Gasteiger partial charge >= 0.3 is 0 Å². The van der Waals surface area contributed by atoms with Gasteiger partial charge in [-0.3, -0.25) is 0 Å². The van der Waals surface area contributed by atoms with Crippen LogP contribution in [0.15, 0.2) is 18.2 Å². The van der Waals surface area contributed by atoms with Gasteiger partial charge in [-0.25, -0.2) is 0 Å². The molecule has 0 aromatic heterocycles. The predicted molar refractivity (Wildman–Crippen MR) is 53.0 cm³/mol. The van der Waals surface area contributed by atoms with E-state index >= 15 is 0 Å². The Hall–Kier alpha value is -0.563.